The predicted octanol–water partition coefficient (Wildman–Crippen LogP) is 1.76. The van der Waals surface area contributed by atoms with Crippen LogP contribution in [0.15, 0.2) is 24.3 Å². The van der Waals surface area contributed by atoms with Crippen molar-refractivity contribution in [2.75, 3.05) is 6.54 Å². The number of nitrogens with zero attached hydrogens (tertiary/aromatic N) is 2. The molecule has 1 aromatic carbocycles. The van der Waals surface area contributed by atoms with Gasteiger partial charge in [0.15, 0.2) is 5.03 Å². The lowest BCUT2D eigenvalue weighted by atomic mass is 9.62. The molecule has 1 aliphatic heterocycles. The van der Waals surface area contributed by atoms with Crippen LogP contribution in [0, 0.1) is 10.1 Å². The monoisotopic (exact) mass is 232 g/mol. The van der Waals surface area contributed by atoms with Gasteiger partial charge in [-0.05, 0) is 24.5 Å². The molecule has 1 aliphatic carbocycles. The van der Waals surface area contributed by atoms with E-state index in [0.717, 1.165) is 29.8 Å². The molecule has 0 bridgehead atoms. The fourth-order valence-electron chi connectivity index (χ4n) is 2.88. The number of carbonyl (C=O) groups excluding carboxylic acids is 1. The van der Waals surface area contributed by atoms with Gasteiger partial charge in [0.2, 0.25) is 0 Å². The summed E-state index contributed by atoms with van der Waals surface area (Å²) in [6, 6.07) is 7.28. The first-order valence-electron chi connectivity index (χ1n) is 5.70. The van der Waals surface area contributed by atoms with Crippen molar-refractivity contribution in [3.8, 4) is 0 Å². The number of hydrazine groups is 1. The lowest BCUT2D eigenvalue weighted by Gasteiger charge is -2.46. The van der Waals surface area contributed by atoms with E-state index in [1.807, 2.05) is 12.1 Å². The van der Waals surface area contributed by atoms with E-state index in [2.05, 4.69) is 0 Å². The van der Waals surface area contributed by atoms with E-state index in [1.54, 1.807) is 12.1 Å². The Morgan fingerprint density at radius 3 is 2.59 bits per heavy atom. The zero-order chi connectivity index (χ0) is 12.0. The first-order valence-corrected chi connectivity index (χ1v) is 5.70. The van der Waals surface area contributed by atoms with Crippen LogP contribution in [-0.4, -0.2) is 22.5 Å². The Labute approximate surface area is 98.2 Å². The van der Waals surface area contributed by atoms with Crippen molar-refractivity contribution in [2.24, 2.45) is 0 Å². The van der Waals surface area contributed by atoms with E-state index in [4.69, 9.17) is 0 Å². The smallest absolute Gasteiger partial charge is 0.263 e. The van der Waals surface area contributed by atoms with E-state index in [9.17, 15) is 14.9 Å². The summed E-state index contributed by atoms with van der Waals surface area (Å²) in [7, 11) is 0. The highest BCUT2D eigenvalue weighted by Crippen LogP contribution is 2.48. The van der Waals surface area contributed by atoms with Crippen molar-refractivity contribution >= 4 is 5.91 Å². The molecule has 17 heavy (non-hydrogen) atoms. The van der Waals surface area contributed by atoms with Gasteiger partial charge in [-0.15, -0.1) is 0 Å². The topological polar surface area (TPSA) is 63.5 Å². The summed E-state index contributed by atoms with van der Waals surface area (Å²) in [6.45, 7) is 0.218. The molecular formula is C12H12N2O3. The molecule has 0 atom stereocenters. The van der Waals surface area contributed by atoms with Crippen molar-refractivity contribution < 1.29 is 9.83 Å². The number of fused-ring (bicyclic) bond motifs is 2. The Morgan fingerprint density at radius 2 is 2.00 bits per heavy atom. The molecule has 1 spiro atoms. The largest absolute Gasteiger partial charge is 0.314 e. The summed E-state index contributed by atoms with van der Waals surface area (Å²) in [5, 5.41) is 11.1. The highest BCUT2D eigenvalue weighted by atomic mass is 16.7. The second kappa shape index (κ2) is 3.29. The van der Waals surface area contributed by atoms with E-state index in [-0.39, 0.29) is 12.0 Å². The Hall–Kier alpha value is -1.91. The number of nitro groups is 1. The summed E-state index contributed by atoms with van der Waals surface area (Å²) in [5.74, 6) is -0.483. The van der Waals surface area contributed by atoms with Crippen molar-refractivity contribution in [1.82, 2.24) is 5.01 Å². The molecule has 0 radical (unpaired) electrons. The molecule has 5 nitrogen and oxygen atoms in total. The normalized spacial score (nSPS) is 20.9. The van der Waals surface area contributed by atoms with Crippen LogP contribution in [0.3, 0.4) is 0 Å². The maximum atomic E-state index is 12.0. The number of carbonyl (C=O) groups is 1. The fourth-order valence-corrected chi connectivity index (χ4v) is 2.88. The van der Waals surface area contributed by atoms with Crippen LogP contribution in [0.2, 0.25) is 0 Å². The highest BCUT2D eigenvalue weighted by molar-refractivity contribution is 5.96. The zero-order valence-electron chi connectivity index (χ0n) is 9.26. The zero-order valence-corrected chi connectivity index (χ0v) is 9.26. The second-order valence-electron chi connectivity index (χ2n) is 4.78. The number of benzene rings is 1. The van der Waals surface area contributed by atoms with E-state index in [1.165, 1.54) is 0 Å². The van der Waals surface area contributed by atoms with E-state index < -0.39 is 10.9 Å². The van der Waals surface area contributed by atoms with Crippen LogP contribution < -0.4 is 0 Å². The van der Waals surface area contributed by atoms with Gasteiger partial charge in [0, 0.05) is 11.0 Å². The summed E-state index contributed by atoms with van der Waals surface area (Å²) in [6.07, 6.45) is 2.94. The Balaban J connectivity index is 2.14. The molecule has 1 heterocycles. The van der Waals surface area contributed by atoms with Gasteiger partial charge in [-0.25, -0.2) is 10.1 Å². The summed E-state index contributed by atoms with van der Waals surface area (Å²) < 4.78 is 0. The molecule has 88 valence electrons. The maximum absolute atomic E-state index is 12.0. The first-order chi connectivity index (χ1) is 8.14. The molecule has 1 saturated carbocycles. The Kier molecular flexibility index (Phi) is 1.98. The molecule has 0 aromatic heterocycles. The standard InChI is InChI=1S/C12H12N2O3/c15-11-9-4-1-2-5-10(9)12(6-3-7-12)8-13(11)14(16)17/h1-2,4-5H,3,6-8H2. The van der Waals surface area contributed by atoms with Crippen molar-refractivity contribution in [3.63, 3.8) is 0 Å². The van der Waals surface area contributed by atoms with Crippen LogP contribution in [0.5, 0.6) is 0 Å². The minimum absolute atomic E-state index is 0.169. The third-order valence-electron chi connectivity index (χ3n) is 3.92. The third-order valence-corrected chi connectivity index (χ3v) is 3.92. The van der Waals surface area contributed by atoms with Crippen molar-refractivity contribution in [1.29, 1.82) is 0 Å². The third kappa shape index (κ3) is 1.28. The first kappa shape index (κ1) is 10.3. The second-order valence-corrected chi connectivity index (χ2v) is 4.78. The molecule has 1 amide bonds. The van der Waals surface area contributed by atoms with Gasteiger partial charge in [-0.2, -0.15) is 0 Å². The van der Waals surface area contributed by atoms with Crippen molar-refractivity contribution in [3.05, 3.63) is 45.5 Å². The van der Waals surface area contributed by atoms with Crippen LogP contribution >= 0.6 is 0 Å². The Bertz CT molecular complexity index is 508. The number of hydrogen-bond donors (Lipinski definition) is 0. The summed E-state index contributed by atoms with van der Waals surface area (Å²) in [5.41, 5.74) is 1.32. The average Bonchev–Trinajstić information content (AvgIpc) is 2.27. The van der Waals surface area contributed by atoms with E-state index >= 15 is 0 Å². The number of hydrogen-bond acceptors (Lipinski definition) is 3. The molecule has 0 saturated heterocycles. The number of rotatable bonds is 1. The molecular weight excluding hydrogens is 220 g/mol. The predicted molar refractivity (Wildman–Crippen MR) is 60.0 cm³/mol. The average molecular weight is 232 g/mol. The summed E-state index contributed by atoms with van der Waals surface area (Å²) in [4.78, 5) is 22.9. The quantitative estimate of drug-likeness (QED) is 0.547. The van der Waals surface area contributed by atoms with Gasteiger partial charge in [-0.1, -0.05) is 29.6 Å². The van der Waals surface area contributed by atoms with E-state index in [0.29, 0.717) is 5.56 Å². The van der Waals surface area contributed by atoms with Crippen LogP contribution in [0.4, 0.5) is 0 Å². The SMILES string of the molecule is O=C1c2ccccc2C2(CCC2)CN1[N+](=O)[O-]. The van der Waals surface area contributed by atoms with Gasteiger partial charge in [0.1, 0.15) is 0 Å². The highest BCUT2D eigenvalue weighted by Gasteiger charge is 2.50. The molecule has 1 aromatic rings. The molecule has 2 aliphatic rings. The molecule has 5 heteroatoms. The number of amides is 1. The van der Waals surface area contributed by atoms with Crippen molar-refractivity contribution in [2.45, 2.75) is 24.7 Å². The minimum Gasteiger partial charge on any atom is -0.263 e. The fraction of sp³-hybridized carbons (Fsp3) is 0.417. The van der Waals surface area contributed by atoms with Crippen LogP contribution in [0.25, 0.3) is 0 Å². The molecule has 0 unspecified atom stereocenters. The van der Waals surface area contributed by atoms with Gasteiger partial charge >= 0.3 is 5.91 Å². The van der Waals surface area contributed by atoms with Crippen LogP contribution in [-0.2, 0) is 5.41 Å². The molecule has 1 fully saturated rings. The van der Waals surface area contributed by atoms with Gasteiger partial charge in [0.25, 0.3) is 0 Å². The van der Waals surface area contributed by atoms with Crippen LogP contribution in [0.1, 0.15) is 35.2 Å². The van der Waals surface area contributed by atoms with Gasteiger partial charge in [-0.3, -0.25) is 4.79 Å². The molecule has 3 rings (SSSR count). The maximum Gasteiger partial charge on any atom is 0.314 e. The van der Waals surface area contributed by atoms with Gasteiger partial charge in [0.05, 0.1) is 6.54 Å². The minimum atomic E-state index is -0.585. The molecule has 0 N–H and O–H groups in total. The Morgan fingerprint density at radius 1 is 1.29 bits per heavy atom. The summed E-state index contributed by atoms with van der Waals surface area (Å²) >= 11 is 0. The lowest BCUT2D eigenvalue weighted by Crippen LogP contribution is -2.54. The van der Waals surface area contributed by atoms with Gasteiger partial charge < -0.3 is 0 Å². The lowest BCUT2D eigenvalue weighted by molar-refractivity contribution is -0.635.